The Bertz CT molecular complexity index is 951. The third-order valence-electron chi connectivity index (χ3n) is 4.86. The summed E-state index contributed by atoms with van der Waals surface area (Å²) in [7, 11) is 1.59. The van der Waals surface area contributed by atoms with Crippen LogP contribution in [0.5, 0.6) is 5.75 Å². The number of nitrogens with zero attached hydrogens (tertiary/aromatic N) is 1. The van der Waals surface area contributed by atoms with E-state index in [1.165, 1.54) is 12.0 Å². The zero-order valence-corrected chi connectivity index (χ0v) is 19.9. The largest absolute Gasteiger partial charge is 0.496 e. The molecule has 3 aromatic rings. The topological polar surface area (TPSA) is 76.4 Å². The number of hydrogen-bond donors (Lipinski definition) is 2. The molecular formula is C26H35N3O3. The molecule has 3 rings (SSSR count). The van der Waals surface area contributed by atoms with Gasteiger partial charge in [0.25, 0.3) is 0 Å². The van der Waals surface area contributed by atoms with Gasteiger partial charge in [-0.2, -0.15) is 0 Å². The molecule has 0 spiro atoms. The van der Waals surface area contributed by atoms with Gasteiger partial charge in [-0.3, -0.25) is 4.79 Å². The van der Waals surface area contributed by atoms with Crippen LogP contribution in [-0.4, -0.2) is 24.0 Å². The van der Waals surface area contributed by atoms with E-state index >= 15 is 0 Å². The molecule has 1 heterocycles. The molecule has 0 aliphatic rings. The molecule has 1 unspecified atom stereocenters. The van der Waals surface area contributed by atoms with Crippen LogP contribution in [0.25, 0.3) is 11.3 Å². The Morgan fingerprint density at radius 1 is 1.12 bits per heavy atom. The van der Waals surface area contributed by atoms with E-state index in [4.69, 9.17) is 9.15 Å². The summed E-state index contributed by atoms with van der Waals surface area (Å²) in [6.45, 7) is 10.9. The van der Waals surface area contributed by atoms with E-state index < -0.39 is 0 Å². The second-order valence-corrected chi connectivity index (χ2v) is 7.82. The Morgan fingerprint density at radius 2 is 1.84 bits per heavy atom. The summed E-state index contributed by atoms with van der Waals surface area (Å²) in [5.74, 6) is 1.54. The van der Waals surface area contributed by atoms with Gasteiger partial charge in [0.2, 0.25) is 5.91 Å². The van der Waals surface area contributed by atoms with E-state index in [1.54, 1.807) is 19.4 Å². The number of methoxy groups -OCH3 is 1. The first-order valence-electron chi connectivity index (χ1n) is 11.1. The van der Waals surface area contributed by atoms with Crippen molar-refractivity contribution in [3.8, 4) is 17.1 Å². The zero-order valence-electron chi connectivity index (χ0n) is 19.9. The van der Waals surface area contributed by atoms with Crippen molar-refractivity contribution in [3.63, 3.8) is 0 Å². The van der Waals surface area contributed by atoms with Gasteiger partial charge in [0.15, 0.2) is 12.2 Å². The van der Waals surface area contributed by atoms with E-state index in [-0.39, 0.29) is 11.9 Å². The maximum Gasteiger partial charge on any atom is 0.241 e. The second kappa shape index (κ2) is 12.7. The highest BCUT2D eigenvalue weighted by molar-refractivity contribution is 5.95. The fourth-order valence-electron chi connectivity index (χ4n) is 3.25. The Kier molecular flexibility index (Phi) is 9.95. The molecule has 172 valence electrons. The lowest BCUT2D eigenvalue weighted by atomic mass is 10.0. The minimum absolute atomic E-state index is 0.0646. The molecule has 1 atom stereocenters. The number of anilines is 1. The molecule has 2 aromatic carbocycles. The van der Waals surface area contributed by atoms with E-state index in [1.807, 2.05) is 26.0 Å². The molecular weight excluding hydrogens is 402 g/mol. The highest BCUT2D eigenvalue weighted by Crippen LogP contribution is 2.32. The van der Waals surface area contributed by atoms with Gasteiger partial charge in [-0.15, -0.1) is 0 Å². The number of carbonyl (C=O) groups is 1. The molecule has 32 heavy (non-hydrogen) atoms. The highest BCUT2D eigenvalue weighted by atomic mass is 16.5. The summed E-state index contributed by atoms with van der Waals surface area (Å²) in [5.41, 5.74) is 3.83. The normalized spacial score (nSPS) is 11.5. The number of hydrogen-bond acceptors (Lipinski definition) is 5. The van der Waals surface area contributed by atoms with Crippen LogP contribution in [0.1, 0.15) is 45.2 Å². The molecule has 0 radical (unpaired) electrons. The number of amides is 1. The van der Waals surface area contributed by atoms with Crippen LogP contribution in [0, 0.1) is 12.8 Å². The molecule has 0 aliphatic carbocycles. The number of ether oxygens (including phenoxy) is 1. The minimum Gasteiger partial charge on any atom is -0.496 e. The van der Waals surface area contributed by atoms with Crippen LogP contribution < -0.4 is 15.4 Å². The van der Waals surface area contributed by atoms with Gasteiger partial charge in [0, 0.05) is 18.3 Å². The molecule has 0 saturated carbocycles. The van der Waals surface area contributed by atoms with Gasteiger partial charge in [-0.05, 0) is 37.0 Å². The number of aryl methyl sites for hydroxylation is 1. The SMILES string of the molecule is CC.COc1cc(NC(=O)C(CC(C)C)NCc2ccc(C)cc2)ccc1-c1cnco1. The van der Waals surface area contributed by atoms with Crippen LogP contribution >= 0.6 is 0 Å². The first-order chi connectivity index (χ1) is 15.5. The predicted octanol–water partition coefficient (Wildman–Crippen LogP) is 5.83. The highest BCUT2D eigenvalue weighted by Gasteiger charge is 2.20. The molecule has 0 aliphatic heterocycles. The van der Waals surface area contributed by atoms with Crippen molar-refractivity contribution in [2.75, 3.05) is 12.4 Å². The third kappa shape index (κ3) is 7.24. The van der Waals surface area contributed by atoms with E-state index in [0.717, 1.165) is 17.5 Å². The first-order valence-corrected chi connectivity index (χ1v) is 11.1. The van der Waals surface area contributed by atoms with Crippen LogP contribution in [0.15, 0.2) is 59.5 Å². The average molecular weight is 438 g/mol. The number of rotatable bonds is 9. The summed E-state index contributed by atoms with van der Waals surface area (Å²) in [5, 5.41) is 6.41. The monoisotopic (exact) mass is 437 g/mol. The standard InChI is InChI=1S/C24H29N3O3.C2H6/c1-16(2)11-21(26-13-18-7-5-17(3)6-8-18)24(28)27-19-9-10-20(22(12-19)29-4)23-14-25-15-30-23;1-2/h5-10,12,14-16,21,26H,11,13H2,1-4H3,(H,27,28);1-2H3. The average Bonchev–Trinajstić information content (AvgIpc) is 3.33. The number of nitrogens with one attached hydrogen (secondary N) is 2. The fourth-order valence-corrected chi connectivity index (χ4v) is 3.25. The van der Waals surface area contributed by atoms with Crippen molar-refractivity contribution in [2.45, 2.75) is 53.6 Å². The third-order valence-corrected chi connectivity index (χ3v) is 4.86. The fraction of sp³-hybridized carbons (Fsp3) is 0.385. The van der Waals surface area contributed by atoms with Gasteiger partial charge in [0.05, 0.1) is 24.9 Å². The summed E-state index contributed by atoms with van der Waals surface area (Å²) in [6, 6.07) is 13.5. The predicted molar refractivity (Wildman–Crippen MR) is 130 cm³/mol. The maximum atomic E-state index is 13.0. The van der Waals surface area contributed by atoms with Crippen molar-refractivity contribution >= 4 is 11.6 Å². The minimum atomic E-state index is -0.300. The van der Waals surface area contributed by atoms with Crippen LogP contribution in [0.4, 0.5) is 5.69 Å². The Morgan fingerprint density at radius 3 is 2.44 bits per heavy atom. The van der Waals surface area contributed by atoms with Gasteiger partial charge in [-0.25, -0.2) is 4.98 Å². The smallest absolute Gasteiger partial charge is 0.241 e. The van der Waals surface area contributed by atoms with Crippen LogP contribution in [0.2, 0.25) is 0 Å². The molecule has 6 nitrogen and oxygen atoms in total. The van der Waals surface area contributed by atoms with E-state index in [9.17, 15) is 4.79 Å². The van der Waals surface area contributed by atoms with E-state index in [0.29, 0.717) is 29.7 Å². The van der Waals surface area contributed by atoms with Crippen molar-refractivity contribution in [2.24, 2.45) is 5.92 Å². The molecule has 0 bridgehead atoms. The Balaban J connectivity index is 0.00000176. The molecule has 0 fully saturated rings. The summed E-state index contributed by atoms with van der Waals surface area (Å²) in [4.78, 5) is 16.9. The van der Waals surface area contributed by atoms with Crippen molar-refractivity contribution < 1.29 is 13.9 Å². The lowest BCUT2D eigenvalue weighted by molar-refractivity contribution is -0.118. The maximum absolute atomic E-state index is 13.0. The van der Waals surface area contributed by atoms with Crippen molar-refractivity contribution in [1.29, 1.82) is 0 Å². The van der Waals surface area contributed by atoms with Gasteiger partial charge in [0.1, 0.15) is 5.75 Å². The molecule has 6 heteroatoms. The lowest BCUT2D eigenvalue weighted by Crippen LogP contribution is -2.41. The summed E-state index contributed by atoms with van der Waals surface area (Å²) in [6.07, 6.45) is 3.75. The second-order valence-electron chi connectivity index (χ2n) is 7.82. The molecule has 2 N–H and O–H groups in total. The van der Waals surface area contributed by atoms with Crippen molar-refractivity contribution in [3.05, 3.63) is 66.2 Å². The number of benzene rings is 2. The number of carbonyl (C=O) groups excluding carboxylic acids is 1. The lowest BCUT2D eigenvalue weighted by Gasteiger charge is -2.21. The van der Waals surface area contributed by atoms with Gasteiger partial charge < -0.3 is 19.8 Å². The molecule has 1 aromatic heterocycles. The van der Waals surface area contributed by atoms with Crippen LogP contribution in [0.3, 0.4) is 0 Å². The molecule has 0 saturated heterocycles. The summed E-state index contributed by atoms with van der Waals surface area (Å²) < 4.78 is 10.8. The Hall–Kier alpha value is -3.12. The van der Waals surface area contributed by atoms with Gasteiger partial charge in [-0.1, -0.05) is 57.5 Å². The first kappa shape index (κ1) is 25.1. The van der Waals surface area contributed by atoms with Gasteiger partial charge >= 0.3 is 0 Å². The number of oxazole rings is 1. The van der Waals surface area contributed by atoms with E-state index in [2.05, 4.69) is 60.7 Å². The quantitative estimate of drug-likeness (QED) is 0.441. The van der Waals surface area contributed by atoms with Crippen molar-refractivity contribution in [1.82, 2.24) is 10.3 Å². The molecule has 1 amide bonds. The summed E-state index contributed by atoms with van der Waals surface area (Å²) >= 11 is 0. The number of aromatic nitrogens is 1. The zero-order chi connectivity index (χ0) is 23.5. The Labute approximate surface area is 191 Å². The van der Waals surface area contributed by atoms with Crippen LogP contribution in [-0.2, 0) is 11.3 Å².